The summed E-state index contributed by atoms with van der Waals surface area (Å²) in [4.78, 5) is 18.7. The zero-order valence-electron chi connectivity index (χ0n) is 14.6. The average molecular weight is 355 g/mol. The molecule has 7 heteroatoms. The second kappa shape index (κ2) is 7.95. The SMILES string of the molecule is CCNC(=NCC1(O)CCSC1)NC1CCN(C(=O)C2CC2)CC1. The van der Waals surface area contributed by atoms with Crippen LogP contribution in [0.3, 0.4) is 0 Å². The van der Waals surface area contributed by atoms with Gasteiger partial charge in [0.25, 0.3) is 0 Å². The summed E-state index contributed by atoms with van der Waals surface area (Å²) < 4.78 is 0. The predicted octanol–water partition coefficient (Wildman–Crippen LogP) is 0.811. The molecule has 2 saturated heterocycles. The van der Waals surface area contributed by atoms with Crippen molar-refractivity contribution >= 4 is 23.6 Å². The largest absolute Gasteiger partial charge is 0.387 e. The lowest BCUT2D eigenvalue weighted by Crippen LogP contribution is -2.50. The number of rotatable bonds is 5. The number of nitrogens with zero attached hydrogens (tertiary/aromatic N) is 2. The van der Waals surface area contributed by atoms with Crippen molar-refractivity contribution < 1.29 is 9.90 Å². The van der Waals surface area contributed by atoms with Gasteiger partial charge in [-0.2, -0.15) is 11.8 Å². The fourth-order valence-corrected chi connectivity index (χ4v) is 4.58. The molecule has 0 spiro atoms. The molecule has 3 aliphatic rings. The molecule has 2 heterocycles. The van der Waals surface area contributed by atoms with Crippen LogP contribution in [0.25, 0.3) is 0 Å². The number of aliphatic hydroxyl groups is 1. The van der Waals surface area contributed by atoms with Crippen molar-refractivity contribution in [3.63, 3.8) is 0 Å². The second-order valence-electron chi connectivity index (χ2n) is 7.24. The highest BCUT2D eigenvalue weighted by Gasteiger charge is 2.35. The van der Waals surface area contributed by atoms with Gasteiger partial charge in [-0.25, -0.2) is 0 Å². The van der Waals surface area contributed by atoms with E-state index in [-0.39, 0.29) is 0 Å². The van der Waals surface area contributed by atoms with Gasteiger partial charge in [-0.1, -0.05) is 0 Å². The van der Waals surface area contributed by atoms with Crippen molar-refractivity contribution in [1.82, 2.24) is 15.5 Å². The standard InChI is InChI=1S/C17H30N4O2S/c1-2-18-16(19-11-17(23)7-10-24-12-17)20-14-5-8-21(9-6-14)15(22)13-3-4-13/h13-14,23H,2-12H2,1H3,(H2,18,19,20). The molecule has 1 atom stereocenters. The fraction of sp³-hybridized carbons (Fsp3) is 0.882. The minimum atomic E-state index is -0.646. The van der Waals surface area contributed by atoms with Gasteiger partial charge in [0.15, 0.2) is 5.96 Å². The zero-order valence-corrected chi connectivity index (χ0v) is 15.4. The summed E-state index contributed by atoms with van der Waals surface area (Å²) in [6.45, 7) is 4.99. The number of thioether (sulfide) groups is 1. The normalized spacial score (nSPS) is 28.9. The van der Waals surface area contributed by atoms with Crippen molar-refractivity contribution in [3.8, 4) is 0 Å². The van der Waals surface area contributed by atoms with Crippen molar-refractivity contribution in [2.24, 2.45) is 10.9 Å². The van der Waals surface area contributed by atoms with Gasteiger partial charge >= 0.3 is 0 Å². The molecule has 3 fully saturated rings. The zero-order chi connectivity index (χ0) is 17.0. The van der Waals surface area contributed by atoms with Crippen LogP contribution in [-0.4, -0.2) is 71.2 Å². The monoisotopic (exact) mass is 354 g/mol. The number of amides is 1. The van der Waals surface area contributed by atoms with E-state index in [2.05, 4.69) is 15.6 Å². The van der Waals surface area contributed by atoms with E-state index in [1.807, 2.05) is 11.8 Å². The molecule has 1 saturated carbocycles. The van der Waals surface area contributed by atoms with Crippen LogP contribution in [0, 0.1) is 5.92 Å². The van der Waals surface area contributed by atoms with Crippen molar-refractivity contribution in [2.45, 2.75) is 50.7 Å². The molecule has 0 aromatic heterocycles. The minimum Gasteiger partial charge on any atom is -0.387 e. The van der Waals surface area contributed by atoms with Gasteiger partial charge in [0.05, 0.1) is 12.1 Å². The molecule has 1 amide bonds. The molecule has 0 aromatic rings. The number of piperidine rings is 1. The molecule has 1 aliphatic carbocycles. The Morgan fingerprint density at radius 2 is 2.08 bits per heavy atom. The molecular formula is C17H30N4O2S. The van der Waals surface area contributed by atoms with Crippen molar-refractivity contribution in [1.29, 1.82) is 0 Å². The highest BCUT2D eigenvalue weighted by Crippen LogP contribution is 2.32. The lowest BCUT2D eigenvalue weighted by atomic mass is 10.0. The Balaban J connectivity index is 1.47. The summed E-state index contributed by atoms with van der Waals surface area (Å²) in [6.07, 6.45) is 4.90. The number of hydrogen-bond acceptors (Lipinski definition) is 4. The maximum Gasteiger partial charge on any atom is 0.225 e. The van der Waals surface area contributed by atoms with Gasteiger partial charge < -0.3 is 20.6 Å². The smallest absolute Gasteiger partial charge is 0.225 e. The summed E-state index contributed by atoms with van der Waals surface area (Å²) in [5, 5.41) is 17.2. The second-order valence-corrected chi connectivity index (χ2v) is 8.35. The Hall–Kier alpha value is -0.950. The van der Waals surface area contributed by atoms with Crippen LogP contribution >= 0.6 is 11.8 Å². The van der Waals surface area contributed by atoms with Crippen LogP contribution in [-0.2, 0) is 4.79 Å². The van der Waals surface area contributed by atoms with Crippen LogP contribution in [0.5, 0.6) is 0 Å². The van der Waals surface area contributed by atoms with Crippen LogP contribution in [0.1, 0.15) is 39.0 Å². The Kier molecular flexibility index (Phi) is 5.92. The molecule has 2 aliphatic heterocycles. The van der Waals surface area contributed by atoms with E-state index in [0.29, 0.717) is 24.4 Å². The average Bonchev–Trinajstić information content (AvgIpc) is 3.35. The van der Waals surface area contributed by atoms with E-state index in [1.165, 1.54) is 0 Å². The Labute approximate surface area is 148 Å². The molecule has 6 nitrogen and oxygen atoms in total. The Bertz CT molecular complexity index is 467. The molecule has 3 rings (SSSR count). The van der Waals surface area contributed by atoms with Gasteiger partial charge in [-0.15, -0.1) is 0 Å². The maximum absolute atomic E-state index is 12.1. The van der Waals surface area contributed by atoms with Gasteiger partial charge in [-0.05, 0) is 44.8 Å². The topological polar surface area (TPSA) is 77.0 Å². The number of hydrogen-bond donors (Lipinski definition) is 3. The van der Waals surface area contributed by atoms with E-state index in [0.717, 1.165) is 69.2 Å². The molecule has 0 aromatic carbocycles. The molecule has 136 valence electrons. The number of likely N-dealkylation sites (tertiary alicyclic amines) is 1. The van der Waals surface area contributed by atoms with Crippen LogP contribution in [0.15, 0.2) is 4.99 Å². The third kappa shape index (κ3) is 4.79. The van der Waals surface area contributed by atoms with Gasteiger partial charge in [0.2, 0.25) is 5.91 Å². The van der Waals surface area contributed by atoms with Gasteiger partial charge in [0.1, 0.15) is 0 Å². The molecule has 0 radical (unpaired) electrons. The van der Waals surface area contributed by atoms with Gasteiger partial charge in [0, 0.05) is 37.3 Å². The quantitative estimate of drug-likeness (QED) is 0.503. The Morgan fingerprint density at radius 3 is 2.67 bits per heavy atom. The first kappa shape index (κ1) is 17.9. The molecule has 24 heavy (non-hydrogen) atoms. The molecule has 3 N–H and O–H groups in total. The highest BCUT2D eigenvalue weighted by atomic mass is 32.2. The summed E-state index contributed by atoms with van der Waals surface area (Å²) in [6, 6.07) is 0.346. The third-order valence-corrected chi connectivity index (χ3v) is 6.27. The first-order valence-electron chi connectivity index (χ1n) is 9.23. The fourth-order valence-electron chi connectivity index (χ4n) is 3.29. The highest BCUT2D eigenvalue weighted by molar-refractivity contribution is 7.99. The van der Waals surface area contributed by atoms with E-state index in [1.54, 1.807) is 11.8 Å². The number of guanidine groups is 1. The van der Waals surface area contributed by atoms with E-state index < -0.39 is 5.60 Å². The van der Waals surface area contributed by atoms with Crippen LogP contribution < -0.4 is 10.6 Å². The Morgan fingerprint density at radius 1 is 1.33 bits per heavy atom. The van der Waals surface area contributed by atoms with Crippen molar-refractivity contribution in [3.05, 3.63) is 0 Å². The van der Waals surface area contributed by atoms with Gasteiger partial charge in [-0.3, -0.25) is 9.79 Å². The predicted molar refractivity (Wildman–Crippen MR) is 98.3 cm³/mol. The summed E-state index contributed by atoms with van der Waals surface area (Å²) >= 11 is 1.79. The minimum absolute atomic E-state index is 0.318. The van der Waals surface area contributed by atoms with E-state index in [9.17, 15) is 9.90 Å². The lowest BCUT2D eigenvalue weighted by Gasteiger charge is -2.33. The van der Waals surface area contributed by atoms with Crippen LogP contribution in [0.4, 0.5) is 0 Å². The number of carbonyl (C=O) groups is 1. The van der Waals surface area contributed by atoms with E-state index >= 15 is 0 Å². The molecule has 1 unspecified atom stereocenters. The van der Waals surface area contributed by atoms with Crippen molar-refractivity contribution in [2.75, 3.05) is 37.7 Å². The number of nitrogens with one attached hydrogen (secondary N) is 2. The third-order valence-electron chi connectivity index (χ3n) is 5.03. The van der Waals surface area contributed by atoms with Crippen LogP contribution in [0.2, 0.25) is 0 Å². The summed E-state index contributed by atoms with van der Waals surface area (Å²) in [5.41, 5.74) is -0.646. The summed E-state index contributed by atoms with van der Waals surface area (Å²) in [5.74, 6) is 3.25. The maximum atomic E-state index is 12.1. The number of aliphatic imine (C=N–C) groups is 1. The molecule has 0 bridgehead atoms. The lowest BCUT2D eigenvalue weighted by molar-refractivity contribution is -0.133. The summed E-state index contributed by atoms with van der Waals surface area (Å²) in [7, 11) is 0. The first-order valence-corrected chi connectivity index (χ1v) is 10.4. The molecular weight excluding hydrogens is 324 g/mol. The van der Waals surface area contributed by atoms with E-state index in [4.69, 9.17) is 0 Å². The first-order chi connectivity index (χ1) is 11.6. The number of carbonyl (C=O) groups excluding carboxylic acids is 1.